The first-order valence-electron chi connectivity index (χ1n) is 8.47. The zero-order valence-electron chi connectivity index (χ0n) is 13.8. The lowest BCUT2D eigenvalue weighted by Gasteiger charge is -2.38. The number of rotatable bonds is 3. The number of carbonyl (C=O) groups excluding carboxylic acids is 1. The van der Waals surface area contributed by atoms with E-state index in [9.17, 15) is 9.90 Å². The molecule has 126 valence electrons. The maximum absolute atomic E-state index is 12.3. The van der Waals surface area contributed by atoms with Crippen molar-refractivity contribution in [2.24, 2.45) is 5.41 Å². The van der Waals surface area contributed by atoms with Gasteiger partial charge >= 0.3 is 6.03 Å². The number of aliphatic hydroxyl groups is 1. The molecule has 0 bridgehead atoms. The summed E-state index contributed by atoms with van der Waals surface area (Å²) in [6, 6.07) is 3.81. The second kappa shape index (κ2) is 6.74. The van der Waals surface area contributed by atoms with Crippen molar-refractivity contribution in [2.75, 3.05) is 43.0 Å². The number of aliphatic hydroxyl groups excluding tert-OH is 1. The van der Waals surface area contributed by atoms with E-state index in [1.165, 1.54) is 12.8 Å². The topological polar surface area (TPSA) is 68.7 Å². The van der Waals surface area contributed by atoms with E-state index in [2.05, 4.69) is 22.1 Å². The van der Waals surface area contributed by atoms with Gasteiger partial charge in [0.15, 0.2) is 0 Å². The number of carbonyl (C=O) groups is 1. The van der Waals surface area contributed by atoms with Gasteiger partial charge in [-0.15, -0.1) is 0 Å². The van der Waals surface area contributed by atoms with Crippen LogP contribution < -0.4 is 10.2 Å². The van der Waals surface area contributed by atoms with Gasteiger partial charge in [0.2, 0.25) is 0 Å². The number of hydrogen-bond acceptors (Lipinski definition) is 4. The Hall–Kier alpha value is -1.82. The van der Waals surface area contributed by atoms with Crippen LogP contribution in [0.5, 0.6) is 0 Å². The predicted octanol–water partition coefficient (Wildman–Crippen LogP) is 2.31. The van der Waals surface area contributed by atoms with Crippen molar-refractivity contribution in [1.82, 2.24) is 9.88 Å². The molecule has 0 aliphatic carbocycles. The molecule has 2 amide bonds. The van der Waals surface area contributed by atoms with Crippen LogP contribution in [-0.4, -0.2) is 53.8 Å². The highest BCUT2D eigenvalue weighted by Crippen LogP contribution is 2.30. The largest absolute Gasteiger partial charge is 0.396 e. The molecule has 3 rings (SSSR count). The molecule has 23 heavy (non-hydrogen) atoms. The number of amides is 2. The maximum Gasteiger partial charge on any atom is 0.321 e. The second-order valence-electron chi connectivity index (χ2n) is 6.99. The van der Waals surface area contributed by atoms with Gasteiger partial charge in [0.1, 0.15) is 5.82 Å². The SMILES string of the molecule is CC1(CO)CCN(C(=O)Nc2ccc(N3CCCC3)nc2)CC1. The molecule has 0 atom stereocenters. The molecular formula is C17H26N4O2. The molecule has 1 aromatic heterocycles. The molecule has 2 aliphatic heterocycles. The van der Waals surface area contributed by atoms with E-state index in [-0.39, 0.29) is 18.1 Å². The van der Waals surface area contributed by atoms with E-state index in [4.69, 9.17) is 0 Å². The van der Waals surface area contributed by atoms with E-state index in [1.807, 2.05) is 17.0 Å². The Balaban J connectivity index is 1.54. The van der Waals surface area contributed by atoms with Crippen LogP contribution in [0.15, 0.2) is 18.3 Å². The Morgan fingerprint density at radius 2 is 1.96 bits per heavy atom. The highest BCUT2D eigenvalue weighted by Gasteiger charge is 2.31. The summed E-state index contributed by atoms with van der Waals surface area (Å²) in [6.07, 6.45) is 5.85. The summed E-state index contributed by atoms with van der Waals surface area (Å²) in [6.45, 7) is 5.75. The molecule has 0 saturated carbocycles. The predicted molar refractivity (Wildman–Crippen MR) is 90.7 cm³/mol. The van der Waals surface area contributed by atoms with E-state index in [1.54, 1.807) is 6.20 Å². The van der Waals surface area contributed by atoms with Crippen molar-refractivity contribution < 1.29 is 9.90 Å². The molecular weight excluding hydrogens is 292 g/mol. The molecule has 0 radical (unpaired) electrons. The molecule has 6 nitrogen and oxygen atoms in total. The van der Waals surface area contributed by atoms with Crippen LogP contribution in [-0.2, 0) is 0 Å². The van der Waals surface area contributed by atoms with Crippen molar-refractivity contribution >= 4 is 17.5 Å². The minimum atomic E-state index is -0.0827. The zero-order chi connectivity index (χ0) is 16.3. The minimum absolute atomic E-state index is 0.0459. The maximum atomic E-state index is 12.3. The monoisotopic (exact) mass is 318 g/mol. The zero-order valence-corrected chi connectivity index (χ0v) is 13.8. The number of pyridine rings is 1. The van der Waals surface area contributed by atoms with Crippen LogP contribution in [0.1, 0.15) is 32.6 Å². The van der Waals surface area contributed by atoms with Gasteiger partial charge in [-0.25, -0.2) is 9.78 Å². The Morgan fingerprint density at radius 1 is 1.26 bits per heavy atom. The van der Waals surface area contributed by atoms with Gasteiger partial charge in [0, 0.05) is 32.8 Å². The number of anilines is 2. The molecule has 3 heterocycles. The number of piperidine rings is 1. The number of nitrogens with zero attached hydrogens (tertiary/aromatic N) is 3. The molecule has 2 N–H and O–H groups in total. The first-order valence-corrected chi connectivity index (χ1v) is 8.47. The van der Waals surface area contributed by atoms with Gasteiger partial charge in [-0.1, -0.05) is 6.92 Å². The fraction of sp³-hybridized carbons (Fsp3) is 0.647. The third-order valence-electron chi connectivity index (χ3n) is 5.07. The van der Waals surface area contributed by atoms with Gasteiger partial charge < -0.3 is 20.2 Å². The normalized spacial score (nSPS) is 20.6. The summed E-state index contributed by atoms with van der Waals surface area (Å²) in [5.41, 5.74) is 0.684. The highest BCUT2D eigenvalue weighted by atomic mass is 16.3. The standard InChI is InChI=1S/C17H26N4O2/c1-17(13-22)6-10-21(11-7-17)16(23)19-14-4-5-15(18-12-14)20-8-2-3-9-20/h4-5,12,22H,2-3,6-11,13H2,1H3,(H,19,23). The summed E-state index contributed by atoms with van der Waals surface area (Å²) >= 11 is 0. The fourth-order valence-electron chi connectivity index (χ4n) is 3.20. The van der Waals surface area contributed by atoms with Crippen molar-refractivity contribution in [1.29, 1.82) is 0 Å². The lowest BCUT2D eigenvalue weighted by molar-refractivity contribution is 0.0728. The molecule has 6 heteroatoms. The van der Waals surface area contributed by atoms with E-state index in [0.29, 0.717) is 13.1 Å². The van der Waals surface area contributed by atoms with Crippen molar-refractivity contribution in [3.63, 3.8) is 0 Å². The third kappa shape index (κ3) is 3.75. The van der Waals surface area contributed by atoms with Crippen molar-refractivity contribution in [3.8, 4) is 0 Å². The number of likely N-dealkylation sites (tertiary alicyclic amines) is 1. The molecule has 1 aromatic rings. The van der Waals surface area contributed by atoms with Crippen molar-refractivity contribution in [3.05, 3.63) is 18.3 Å². The van der Waals surface area contributed by atoms with Gasteiger partial charge in [0.25, 0.3) is 0 Å². The van der Waals surface area contributed by atoms with Gasteiger partial charge in [-0.3, -0.25) is 0 Å². The highest BCUT2D eigenvalue weighted by molar-refractivity contribution is 5.89. The Labute approximate surface area is 137 Å². The average molecular weight is 318 g/mol. The number of hydrogen-bond donors (Lipinski definition) is 2. The third-order valence-corrected chi connectivity index (χ3v) is 5.07. The minimum Gasteiger partial charge on any atom is -0.396 e. The summed E-state index contributed by atoms with van der Waals surface area (Å²) < 4.78 is 0. The molecule has 0 unspecified atom stereocenters. The summed E-state index contributed by atoms with van der Waals surface area (Å²) in [5.74, 6) is 0.984. The van der Waals surface area contributed by atoms with Crippen LogP contribution >= 0.6 is 0 Å². The number of urea groups is 1. The molecule has 2 aliphatic rings. The van der Waals surface area contributed by atoms with Gasteiger partial charge in [-0.05, 0) is 43.2 Å². The van der Waals surface area contributed by atoms with Crippen molar-refractivity contribution in [2.45, 2.75) is 32.6 Å². The molecule has 2 saturated heterocycles. The Kier molecular flexibility index (Phi) is 4.71. The number of aromatic nitrogens is 1. The Morgan fingerprint density at radius 3 is 2.52 bits per heavy atom. The Bertz CT molecular complexity index is 532. The quantitative estimate of drug-likeness (QED) is 0.897. The first-order chi connectivity index (χ1) is 11.1. The second-order valence-corrected chi connectivity index (χ2v) is 6.99. The van der Waals surface area contributed by atoms with Crippen LogP contribution in [0.2, 0.25) is 0 Å². The van der Waals surface area contributed by atoms with Crippen LogP contribution in [0.4, 0.5) is 16.3 Å². The van der Waals surface area contributed by atoms with E-state index >= 15 is 0 Å². The molecule has 0 aromatic carbocycles. The van der Waals surface area contributed by atoms with Crippen LogP contribution in [0, 0.1) is 5.41 Å². The average Bonchev–Trinajstić information content (AvgIpc) is 3.11. The lowest BCUT2D eigenvalue weighted by atomic mass is 9.81. The summed E-state index contributed by atoms with van der Waals surface area (Å²) in [4.78, 5) is 20.9. The van der Waals surface area contributed by atoms with E-state index < -0.39 is 0 Å². The van der Waals surface area contributed by atoms with Gasteiger partial charge in [-0.2, -0.15) is 0 Å². The van der Waals surface area contributed by atoms with Gasteiger partial charge in [0.05, 0.1) is 11.9 Å². The summed E-state index contributed by atoms with van der Waals surface area (Å²) in [5, 5.41) is 12.3. The first kappa shape index (κ1) is 16.1. The lowest BCUT2D eigenvalue weighted by Crippen LogP contribution is -2.45. The van der Waals surface area contributed by atoms with E-state index in [0.717, 1.165) is 37.4 Å². The number of nitrogens with one attached hydrogen (secondary N) is 1. The smallest absolute Gasteiger partial charge is 0.321 e. The van der Waals surface area contributed by atoms with Crippen LogP contribution in [0.25, 0.3) is 0 Å². The fourth-order valence-corrected chi connectivity index (χ4v) is 3.20. The van der Waals surface area contributed by atoms with Crippen LogP contribution in [0.3, 0.4) is 0 Å². The summed E-state index contributed by atoms with van der Waals surface area (Å²) in [7, 11) is 0. The molecule has 2 fully saturated rings. The molecule has 0 spiro atoms.